The lowest BCUT2D eigenvalue weighted by Crippen LogP contribution is -2.32. The van der Waals surface area contributed by atoms with Crippen LogP contribution in [0.1, 0.15) is 22.3 Å². The minimum Gasteiger partial charge on any atom is -0.457 e. The molecule has 9 aromatic carbocycles. The van der Waals surface area contributed by atoms with Crippen LogP contribution in [0, 0.1) is 0 Å². The van der Waals surface area contributed by atoms with Crippen molar-refractivity contribution < 1.29 is 4.74 Å². The average molecular weight is 717 g/mol. The van der Waals surface area contributed by atoms with E-state index in [0.29, 0.717) is 0 Å². The smallest absolute Gasteiger partial charge is 0.132 e. The van der Waals surface area contributed by atoms with E-state index in [9.17, 15) is 0 Å². The van der Waals surface area contributed by atoms with Gasteiger partial charge in [-0.1, -0.05) is 133 Å². The molecule has 0 saturated heterocycles. The zero-order chi connectivity index (χ0) is 37.1. The van der Waals surface area contributed by atoms with Crippen molar-refractivity contribution in [2.75, 3.05) is 9.80 Å². The van der Waals surface area contributed by atoms with Gasteiger partial charge in [-0.3, -0.25) is 0 Å². The minimum atomic E-state index is -0.637. The molecule has 56 heavy (non-hydrogen) atoms. The van der Waals surface area contributed by atoms with E-state index in [1.165, 1.54) is 38.6 Å². The number of benzene rings is 9. The van der Waals surface area contributed by atoms with Gasteiger partial charge < -0.3 is 14.5 Å². The summed E-state index contributed by atoms with van der Waals surface area (Å²) in [5.41, 5.74) is 13.2. The highest BCUT2D eigenvalue weighted by molar-refractivity contribution is 5.99. The molecule has 0 atom stereocenters. The number of anilines is 6. The first-order chi connectivity index (χ1) is 27.8. The van der Waals surface area contributed by atoms with E-state index in [-0.39, 0.29) is 0 Å². The van der Waals surface area contributed by atoms with Crippen LogP contribution in [0.4, 0.5) is 34.1 Å². The van der Waals surface area contributed by atoms with Crippen molar-refractivity contribution >= 4 is 44.9 Å². The van der Waals surface area contributed by atoms with Crippen LogP contribution >= 0.6 is 0 Å². The van der Waals surface area contributed by atoms with Crippen LogP contribution in [0.5, 0.6) is 11.5 Å². The van der Waals surface area contributed by atoms with Crippen molar-refractivity contribution in [1.82, 2.24) is 0 Å². The topological polar surface area (TPSA) is 15.7 Å². The normalized spacial score (nSPS) is 12.9. The number of hydrogen-bond acceptors (Lipinski definition) is 3. The largest absolute Gasteiger partial charge is 0.457 e. The minimum absolute atomic E-state index is 0.637. The van der Waals surface area contributed by atoms with Gasteiger partial charge in [-0.15, -0.1) is 0 Å². The fraction of sp³-hybridized carbons (Fsp3) is 0.0189. The fourth-order valence-corrected chi connectivity index (χ4v) is 9.19. The quantitative estimate of drug-likeness (QED) is 0.170. The number of hydrogen-bond donors (Lipinski definition) is 0. The summed E-state index contributed by atoms with van der Waals surface area (Å²) in [6.45, 7) is 0. The molecule has 1 aliphatic carbocycles. The van der Waals surface area contributed by atoms with E-state index < -0.39 is 5.41 Å². The molecule has 3 nitrogen and oxygen atoms in total. The molecule has 0 N–H and O–H groups in total. The summed E-state index contributed by atoms with van der Waals surface area (Å²) in [5, 5.41) is 2.38. The zero-order valence-corrected chi connectivity index (χ0v) is 30.6. The van der Waals surface area contributed by atoms with E-state index >= 15 is 0 Å². The molecule has 1 aliphatic heterocycles. The second-order valence-electron chi connectivity index (χ2n) is 14.5. The summed E-state index contributed by atoms with van der Waals surface area (Å²) < 4.78 is 6.84. The van der Waals surface area contributed by atoms with Crippen LogP contribution in [0.15, 0.2) is 218 Å². The van der Waals surface area contributed by atoms with Gasteiger partial charge in [-0.25, -0.2) is 0 Å². The first-order valence-corrected chi connectivity index (χ1v) is 19.2. The summed E-state index contributed by atoms with van der Waals surface area (Å²) >= 11 is 0. The number of ether oxygens (including phenoxy) is 1. The van der Waals surface area contributed by atoms with Crippen molar-refractivity contribution in [3.05, 3.63) is 241 Å². The molecule has 0 unspecified atom stereocenters. The zero-order valence-electron chi connectivity index (χ0n) is 30.6. The Labute approximate surface area is 326 Å². The lowest BCUT2D eigenvalue weighted by atomic mass is 9.65. The molecule has 0 aromatic heterocycles. The highest BCUT2D eigenvalue weighted by Crippen LogP contribution is 2.64. The molecule has 1 heterocycles. The van der Waals surface area contributed by atoms with Crippen molar-refractivity contribution in [1.29, 1.82) is 0 Å². The van der Waals surface area contributed by atoms with Crippen LogP contribution in [0.2, 0.25) is 0 Å². The van der Waals surface area contributed by atoms with Crippen LogP contribution < -0.4 is 14.5 Å². The molecule has 0 fully saturated rings. The van der Waals surface area contributed by atoms with E-state index in [0.717, 1.165) is 51.2 Å². The van der Waals surface area contributed by atoms with Gasteiger partial charge in [-0.2, -0.15) is 0 Å². The number of fused-ring (bicyclic) bond motifs is 11. The van der Waals surface area contributed by atoms with Crippen LogP contribution in [-0.4, -0.2) is 0 Å². The Morgan fingerprint density at radius 3 is 1.29 bits per heavy atom. The lowest BCUT2D eigenvalue weighted by Gasteiger charge is -2.40. The van der Waals surface area contributed by atoms with Gasteiger partial charge in [0.2, 0.25) is 0 Å². The summed E-state index contributed by atoms with van der Waals surface area (Å²) in [7, 11) is 0. The van der Waals surface area contributed by atoms with Gasteiger partial charge in [0.1, 0.15) is 11.5 Å². The Morgan fingerprint density at radius 1 is 0.321 bits per heavy atom. The molecule has 0 radical (unpaired) electrons. The van der Waals surface area contributed by atoms with E-state index in [1.807, 2.05) is 0 Å². The second-order valence-corrected chi connectivity index (χ2v) is 14.5. The molecule has 264 valence electrons. The lowest BCUT2D eigenvalue weighted by molar-refractivity contribution is 0.438. The SMILES string of the molecule is c1ccc(N(c2ccccc2)c2ccc3c(c2)-c2cc(N(c4ccccc4)c4ccccc4)ccc2C32c3ccccc3Oc3ccc4ccccc4c32)cc1. The van der Waals surface area contributed by atoms with Gasteiger partial charge in [0.05, 0.1) is 5.41 Å². The molecule has 1 spiro atoms. The molecular weight excluding hydrogens is 681 g/mol. The van der Waals surface area contributed by atoms with Crippen LogP contribution in [0.3, 0.4) is 0 Å². The van der Waals surface area contributed by atoms with Crippen molar-refractivity contribution in [2.45, 2.75) is 5.41 Å². The Hall–Kier alpha value is -7.36. The first-order valence-electron chi connectivity index (χ1n) is 19.2. The summed E-state index contributed by atoms with van der Waals surface area (Å²) in [6, 6.07) is 78.5. The maximum Gasteiger partial charge on any atom is 0.132 e. The third-order valence-electron chi connectivity index (χ3n) is 11.5. The monoisotopic (exact) mass is 716 g/mol. The molecular formula is C53H36N2O. The Bertz CT molecular complexity index is 2680. The maximum atomic E-state index is 6.84. The van der Waals surface area contributed by atoms with Crippen LogP contribution in [-0.2, 0) is 5.41 Å². The van der Waals surface area contributed by atoms with E-state index in [4.69, 9.17) is 4.74 Å². The van der Waals surface area contributed by atoms with Gasteiger partial charge in [-0.05, 0) is 118 Å². The third kappa shape index (κ3) is 4.84. The van der Waals surface area contributed by atoms with Crippen molar-refractivity contribution in [2.24, 2.45) is 0 Å². The highest BCUT2D eigenvalue weighted by atomic mass is 16.5. The highest BCUT2D eigenvalue weighted by Gasteiger charge is 2.52. The second kappa shape index (κ2) is 12.9. The van der Waals surface area contributed by atoms with E-state index in [2.05, 4.69) is 228 Å². The van der Waals surface area contributed by atoms with E-state index in [1.54, 1.807) is 0 Å². The number of para-hydroxylation sites is 5. The third-order valence-corrected chi connectivity index (χ3v) is 11.5. The maximum absolute atomic E-state index is 6.84. The van der Waals surface area contributed by atoms with Gasteiger partial charge in [0.15, 0.2) is 0 Å². The summed E-state index contributed by atoms with van der Waals surface area (Å²) in [6.07, 6.45) is 0. The molecule has 2 aliphatic rings. The summed E-state index contributed by atoms with van der Waals surface area (Å²) in [4.78, 5) is 4.71. The number of nitrogens with zero attached hydrogens (tertiary/aromatic N) is 2. The van der Waals surface area contributed by atoms with Gasteiger partial charge in [0.25, 0.3) is 0 Å². The average Bonchev–Trinajstić information content (AvgIpc) is 3.54. The predicted octanol–water partition coefficient (Wildman–Crippen LogP) is 14.2. The number of rotatable bonds is 6. The first kappa shape index (κ1) is 32.1. The molecule has 11 rings (SSSR count). The van der Waals surface area contributed by atoms with Crippen molar-refractivity contribution in [3.63, 3.8) is 0 Å². The summed E-state index contributed by atoms with van der Waals surface area (Å²) in [5.74, 6) is 1.77. The van der Waals surface area contributed by atoms with Crippen molar-refractivity contribution in [3.8, 4) is 22.6 Å². The fourth-order valence-electron chi connectivity index (χ4n) is 9.19. The standard InChI is InChI=1S/C53H36N2O/c1-5-18-38(19-6-1)54(39-20-7-2-8-21-39)42-30-32-47-45(35-42)46-36-43(55(40-22-9-3-10-23-40)41-24-11-4-12-25-41)31-33-48(46)53(47)49-27-15-16-28-50(49)56-51-34-29-37-17-13-14-26-44(37)52(51)53/h1-36H. The molecule has 0 amide bonds. The van der Waals surface area contributed by atoms with Crippen LogP contribution in [0.25, 0.3) is 21.9 Å². The Balaban J connectivity index is 1.24. The molecule has 0 bridgehead atoms. The molecule has 9 aromatic rings. The predicted molar refractivity (Wildman–Crippen MR) is 231 cm³/mol. The molecule has 3 heteroatoms. The Morgan fingerprint density at radius 2 is 0.768 bits per heavy atom. The Kier molecular flexibility index (Phi) is 7.39. The van der Waals surface area contributed by atoms with Gasteiger partial charge >= 0.3 is 0 Å². The molecule has 0 saturated carbocycles. The van der Waals surface area contributed by atoms with Gasteiger partial charge in [0, 0.05) is 45.3 Å².